The van der Waals surface area contributed by atoms with Crippen molar-refractivity contribution >= 4 is 44.2 Å². The number of aromatic carboxylic acids is 1. The first kappa shape index (κ1) is 29.6. The zero-order valence-electron chi connectivity index (χ0n) is 22.5. The summed E-state index contributed by atoms with van der Waals surface area (Å²) in [5, 5.41) is 12.4. The van der Waals surface area contributed by atoms with Crippen LogP contribution >= 0.6 is 11.3 Å². The third kappa shape index (κ3) is 6.62. The van der Waals surface area contributed by atoms with Gasteiger partial charge in [0.2, 0.25) is 5.06 Å². The van der Waals surface area contributed by atoms with Crippen molar-refractivity contribution in [1.29, 1.82) is 0 Å². The van der Waals surface area contributed by atoms with Crippen LogP contribution in [0.15, 0.2) is 53.6 Å². The lowest BCUT2D eigenvalue weighted by Gasteiger charge is -2.21. The quantitative estimate of drug-likeness (QED) is 0.279. The number of rotatable bonds is 12. The summed E-state index contributed by atoms with van der Waals surface area (Å²) < 4.78 is 47.3. The molecule has 2 N–H and O–H groups in total. The fourth-order valence-corrected chi connectivity index (χ4v) is 6.71. The smallest absolute Gasteiger partial charge is 0.340 e. The van der Waals surface area contributed by atoms with E-state index in [4.69, 9.17) is 18.9 Å². The van der Waals surface area contributed by atoms with Gasteiger partial charge in [-0.05, 0) is 56.0 Å². The molecule has 1 saturated heterocycles. The van der Waals surface area contributed by atoms with Crippen LogP contribution in [-0.4, -0.2) is 67.5 Å². The number of hydrogen-bond acceptors (Lipinski definition) is 11. The lowest BCUT2D eigenvalue weighted by molar-refractivity contribution is -0.131. The number of sulfone groups is 1. The van der Waals surface area contributed by atoms with E-state index in [0.29, 0.717) is 38.0 Å². The van der Waals surface area contributed by atoms with E-state index in [1.165, 1.54) is 36.5 Å². The van der Waals surface area contributed by atoms with Crippen LogP contribution in [0, 0.1) is 0 Å². The van der Waals surface area contributed by atoms with Crippen molar-refractivity contribution in [3.8, 4) is 10.8 Å². The summed E-state index contributed by atoms with van der Waals surface area (Å²) in [6.45, 7) is 2.51. The fraction of sp³-hybridized carbons (Fsp3) is 0.357. The van der Waals surface area contributed by atoms with Gasteiger partial charge in [-0.1, -0.05) is 29.5 Å². The second-order valence-corrected chi connectivity index (χ2v) is 12.8. The number of aromatic nitrogens is 1. The molecule has 0 radical (unpaired) electrons. The van der Waals surface area contributed by atoms with Crippen molar-refractivity contribution in [3.63, 3.8) is 0 Å². The highest BCUT2D eigenvalue weighted by molar-refractivity contribution is 7.92. The molecule has 42 heavy (non-hydrogen) atoms. The van der Waals surface area contributed by atoms with Gasteiger partial charge < -0.3 is 24.1 Å². The maximum absolute atomic E-state index is 13.4. The average molecular weight is 617 g/mol. The Kier molecular flexibility index (Phi) is 8.87. The standard InChI is InChI=1S/C28H28N2O10S2/c1-2-38-27(34)20-4-3-5-21(23(20)26(32)33)40-22-14-29-28(41-22)30-25(31)24(39-17-12-13-37-15-17)16-6-8-18(9-7-16)42(35,36)19-10-11-19/h3-9,14,17,19,24H,2,10-13,15H2,1H3,(H,32,33)(H,29,30,31)/t17-,24?/m0/s1. The van der Waals surface area contributed by atoms with Crippen LogP contribution in [0.2, 0.25) is 0 Å². The van der Waals surface area contributed by atoms with Crippen molar-refractivity contribution in [2.75, 3.05) is 25.1 Å². The lowest BCUT2D eigenvalue weighted by atomic mass is 10.1. The van der Waals surface area contributed by atoms with Gasteiger partial charge in [0.05, 0.1) is 41.2 Å². The van der Waals surface area contributed by atoms with Crippen LogP contribution in [0.5, 0.6) is 10.8 Å². The third-order valence-corrected chi connectivity index (χ3v) is 9.66. The van der Waals surface area contributed by atoms with Crippen LogP contribution in [0.4, 0.5) is 5.13 Å². The van der Waals surface area contributed by atoms with Gasteiger partial charge in [-0.3, -0.25) is 10.1 Å². The van der Waals surface area contributed by atoms with Crippen molar-refractivity contribution < 1.29 is 46.9 Å². The summed E-state index contributed by atoms with van der Waals surface area (Å²) in [7, 11) is -3.39. The zero-order valence-corrected chi connectivity index (χ0v) is 24.1. The number of hydrogen-bond donors (Lipinski definition) is 2. The molecule has 2 heterocycles. The molecule has 2 fully saturated rings. The molecule has 1 aromatic heterocycles. The molecule has 0 spiro atoms. The summed E-state index contributed by atoms with van der Waals surface area (Å²) in [4.78, 5) is 42.0. The minimum Gasteiger partial charge on any atom is -0.478 e. The molecule has 1 saturated carbocycles. The van der Waals surface area contributed by atoms with E-state index < -0.39 is 33.8 Å². The topological polar surface area (TPSA) is 167 Å². The Morgan fingerprint density at radius 3 is 2.55 bits per heavy atom. The summed E-state index contributed by atoms with van der Waals surface area (Å²) >= 11 is 0.938. The number of benzene rings is 2. The van der Waals surface area contributed by atoms with Gasteiger partial charge in [0.15, 0.2) is 21.1 Å². The zero-order chi connectivity index (χ0) is 29.9. The van der Waals surface area contributed by atoms with Gasteiger partial charge in [0, 0.05) is 6.61 Å². The number of nitrogens with one attached hydrogen (secondary N) is 1. The predicted octanol–water partition coefficient (Wildman–Crippen LogP) is 4.23. The number of thiazole rings is 1. The second kappa shape index (κ2) is 12.6. The molecular formula is C28H28N2O10S2. The normalized spacial score (nSPS) is 17.4. The molecule has 1 aliphatic carbocycles. The Labute approximate surface area is 245 Å². The van der Waals surface area contributed by atoms with Crippen LogP contribution in [0.1, 0.15) is 58.6 Å². The van der Waals surface area contributed by atoms with Crippen LogP contribution in [0.3, 0.4) is 0 Å². The molecule has 2 aliphatic rings. The second-order valence-electron chi connectivity index (χ2n) is 9.60. The number of nitrogens with zero attached hydrogens (tertiary/aromatic N) is 1. The van der Waals surface area contributed by atoms with Gasteiger partial charge in [0.25, 0.3) is 5.91 Å². The van der Waals surface area contributed by atoms with Gasteiger partial charge in [-0.2, -0.15) is 0 Å². The number of carboxylic acid groups (broad SMARTS) is 1. The largest absolute Gasteiger partial charge is 0.478 e. The first-order valence-electron chi connectivity index (χ1n) is 13.2. The van der Waals surface area contributed by atoms with E-state index in [0.717, 1.165) is 11.3 Å². The maximum Gasteiger partial charge on any atom is 0.340 e. The maximum atomic E-state index is 13.4. The van der Waals surface area contributed by atoms with E-state index in [2.05, 4.69) is 10.3 Å². The lowest BCUT2D eigenvalue weighted by Crippen LogP contribution is -2.28. The number of esters is 1. The Morgan fingerprint density at radius 1 is 1.14 bits per heavy atom. The van der Waals surface area contributed by atoms with E-state index >= 15 is 0 Å². The van der Waals surface area contributed by atoms with Crippen molar-refractivity contribution in [2.45, 2.75) is 48.5 Å². The highest BCUT2D eigenvalue weighted by Gasteiger charge is 2.37. The number of carboxylic acids is 1. The summed E-state index contributed by atoms with van der Waals surface area (Å²) in [6.07, 6.45) is 1.79. The van der Waals surface area contributed by atoms with Crippen molar-refractivity contribution in [2.24, 2.45) is 0 Å². The highest BCUT2D eigenvalue weighted by Crippen LogP contribution is 2.36. The van der Waals surface area contributed by atoms with E-state index in [1.807, 2.05) is 0 Å². The molecule has 2 aromatic carbocycles. The average Bonchev–Trinajstić information content (AvgIpc) is 3.55. The first-order chi connectivity index (χ1) is 20.2. The molecule has 0 bridgehead atoms. The van der Waals surface area contributed by atoms with Crippen LogP contribution in [0.25, 0.3) is 0 Å². The number of carbonyl (C=O) groups excluding carboxylic acids is 2. The molecule has 5 rings (SSSR count). The molecule has 1 aliphatic heterocycles. The number of amides is 1. The minimum atomic E-state index is -3.39. The molecule has 2 atom stereocenters. The van der Waals surface area contributed by atoms with Crippen LogP contribution < -0.4 is 10.1 Å². The summed E-state index contributed by atoms with van der Waals surface area (Å²) in [5.41, 5.74) is -0.0647. The monoisotopic (exact) mass is 616 g/mol. The Bertz CT molecular complexity index is 1580. The molecule has 1 amide bonds. The van der Waals surface area contributed by atoms with E-state index in [-0.39, 0.29) is 49.9 Å². The van der Waals surface area contributed by atoms with Gasteiger partial charge >= 0.3 is 11.9 Å². The molecule has 1 unspecified atom stereocenters. The SMILES string of the molecule is CCOC(=O)c1cccc(Oc2cnc(NC(=O)C(O[C@H]3CCOC3)c3ccc(S(=O)(=O)C4CC4)cc3)s2)c1C(=O)O. The number of anilines is 1. The molecule has 14 heteroatoms. The fourth-order valence-electron chi connectivity index (χ4n) is 4.37. The predicted molar refractivity (Wildman–Crippen MR) is 150 cm³/mol. The Balaban J connectivity index is 1.33. The number of carbonyl (C=O) groups is 3. The third-order valence-electron chi connectivity index (χ3n) is 6.59. The Hall–Kier alpha value is -3.85. The summed E-state index contributed by atoms with van der Waals surface area (Å²) in [6, 6.07) is 10.3. The molecule has 12 nitrogen and oxygen atoms in total. The minimum absolute atomic E-state index is 0.0725. The molecule has 222 valence electrons. The highest BCUT2D eigenvalue weighted by atomic mass is 32.2. The van der Waals surface area contributed by atoms with Crippen molar-refractivity contribution in [3.05, 3.63) is 65.4 Å². The first-order valence-corrected chi connectivity index (χ1v) is 15.6. The summed E-state index contributed by atoms with van der Waals surface area (Å²) in [5.74, 6) is -2.82. The van der Waals surface area contributed by atoms with E-state index in [9.17, 15) is 27.9 Å². The van der Waals surface area contributed by atoms with Crippen molar-refractivity contribution in [1.82, 2.24) is 4.98 Å². The van der Waals surface area contributed by atoms with Crippen LogP contribution in [-0.2, 0) is 28.8 Å². The number of ether oxygens (including phenoxy) is 4. The van der Waals surface area contributed by atoms with Gasteiger partial charge in [-0.15, -0.1) is 0 Å². The molecule has 3 aromatic rings. The Morgan fingerprint density at radius 2 is 1.90 bits per heavy atom. The molecular weight excluding hydrogens is 588 g/mol. The van der Waals surface area contributed by atoms with Gasteiger partial charge in [0.1, 0.15) is 11.3 Å². The van der Waals surface area contributed by atoms with E-state index in [1.54, 1.807) is 19.1 Å². The van der Waals surface area contributed by atoms with Gasteiger partial charge in [-0.25, -0.2) is 23.0 Å².